The number of hydrogen-bond donors (Lipinski definition) is 1. The molecule has 1 unspecified atom stereocenters. The summed E-state index contributed by atoms with van der Waals surface area (Å²) in [4.78, 5) is 12.1. The zero-order valence-corrected chi connectivity index (χ0v) is 13.0. The Kier molecular flexibility index (Phi) is 4.43. The molecule has 20 heavy (non-hydrogen) atoms. The molecule has 0 aliphatic carbocycles. The lowest BCUT2D eigenvalue weighted by Crippen LogP contribution is -2.25. The number of nitrogens with one attached hydrogen (secondary N) is 1. The number of amides is 1. The minimum Gasteiger partial charge on any atom is -0.322 e. The topological polar surface area (TPSA) is 78.7 Å². The van der Waals surface area contributed by atoms with Gasteiger partial charge in [-0.3, -0.25) is 4.79 Å². The highest BCUT2D eigenvalue weighted by atomic mass is 35.5. The highest BCUT2D eigenvalue weighted by molar-refractivity contribution is 7.00. The van der Waals surface area contributed by atoms with E-state index in [1.165, 1.54) is 6.07 Å². The van der Waals surface area contributed by atoms with Gasteiger partial charge in [0.1, 0.15) is 17.0 Å². The first-order chi connectivity index (χ1) is 9.45. The van der Waals surface area contributed by atoms with Crippen molar-refractivity contribution in [1.29, 1.82) is 5.26 Å². The Balaban J connectivity index is 2.42. The van der Waals surface area contributed by atoms with E-state index in [9.17, 15) is 4.79 Å². The van der Waals surface area contributed by atoms with Gasteiger partial charge in [0.15, 0.2) is 0 Å². The summed E-state index contributed by atoms with van der Waals surface area (Å²) >= 11 is 13.1. The van der Waals surface area contributed by atoms with Gasteiger partial charge < -0.3 is 5.32 Å². The van der Waals surface area contributed by atoms with Crippen molar-refractivity contribution < 1.29 is 4.79 Å². The second-order valence-corrected chi connectivity index (χ2v) is 5.86. The molecule has 104 valence electrons. The minimum atomic E-state index is -0.761. The second kappa shape index (κ2) is 5.92. The van der Waals surface area contributed by atoms with Crippen molar-refractivity contribution in [1.82, 2.24) is 8.75 Å². The van der Waals surface area contributed by atoms with Crippen LogP contribution in [0.1, 0.15) is 13.8 Å². The van der Waals surface area contributed by atoms with Crippen LogP contribution in [-0.4, -0.2) is 14.7 Å². The van der Waals surface area contributed by atoms with E-state index in [1.807, 2.05) is 6.07 Å². The molecule has 8 heteroatoms. The van der Waals surface area contributed by atoms with E-state index in [2.05, 4.69) is 14.1 Å². The molecule has 0 fully saturated rings. The van der Waals surface area contributed by atoms with Gasteiger partial charge in [0, 0.05) is 0 Å². The molecule has 1 heterocycles. The van der Waals surface area contributed by atoms with E-state index in [0.717, 1.165) is 11.7 Å². The number of fused-ring (bicyclic) bond motifs is 1. The lowest BCUT2D eigenvalue weighted by Gasteiger charge is -2.14. The van der Waals surface area contributed by atoms with Crippen molar-refractivity contribution in [3.63, 3.8) is 0 Å². The van der Waals surface area contributed by atoms with Crippen LogP contribution >= 0.6 is 34.9 Å². The number of rotatable bonds is 3. The summed E-state index contributed by atoms with van der Waals surface area (Å²) < 4.78 is 8.14. The van der Waals surface area contributed by atoms with Crippen LogP contribution in [0.3, 0.4) is 0 Å². The smallest absolute Gasteiger partial charge is 0.242 e. The van der Waals surface area contributed by atoms with Gasteiger partial charge in [-0.15, -0.1) is 0 Å². The van der Waals surface area contributed by atoms with Crippen molar-refractivity contribution in [2.24, 2.45) is 11.8 Å². The number of benzene rings is 1. The fourth-order valence-corrected chi connectivity index (χ4v) is 2.86. The van der Waals surface area contributed by atoms with Crippen molar-refractivity contribution in [2.45, 2.75) is 13.8 Å². The maximum Gasteiger partial charge on any atom is 0.242 e. The van der Waals surface area contributed by atoms with Crippen LogP contribution in [0, 0.1) is 23.2 Å². The molecular weight excluding hydrogens is 319 g/mol. The van der Waals surface area contributed by atoms with Crippen molar-refractivity contribution >= 4 is 57.6 Å². The average molecular weight is 329 g/mol. The SMILES string of the molecule is CC(C)C(C#N)C(=O)Nc1c(Cl)cc(Cl)c2nsnc12. The van der Waals surface area contributed by atoms with Crippen LogP contribution in [0.25, 0.3) is 11.0 Å². The van der Waals surface area contributed by atoms with E-state index < -0.39 is 11.8 Å². The van der Waals surface area contributed by atoms with Crippen LogP contribution in [-0.2, 0) is 4.79 Å². The third kappa shape index (κ3) is 2.70. The number of halogens is 2. The standard InChI is InChI=1S/C12H10Cl2N4OS/c1-5(2)6(4-15)12(19)16-9-7(13)3-8(14)10-11(9)18-20-17-10/h3,5-6H,1-2H3,(H,16,19). The predicted molar refractivity (Wildman–Crippen MR) is 80.0 cm³/mol. The molecule has 2 rings (SSSR count). The molecular formula is C12H10Cl2N4OS. The normalized spacial score (nSPS) is 12.4. The second-order valence-electron chi connectivity index (χ2n) is 4.52. The fourth-order valence-electron chi connectivity index (χ4n) is 1.70. The van der Waals surface area contributed by atoms with Gasteiger partial charge in [-0.1, -0.05) is 37.0 Å². The first-order valence-corrected chi connectivity index (χ1v) is 7.25. The number of nitrogens with zero attached hydrogens (tertiary/aromatic N) is 3. The van der Waals surface area contributed by atoms with E-state index >= 15 is 0 Å². The Hall–Kier alpha value is -1.42. The molecule has 0 aliphatic heterocycles. The Morgan fingerprint density at radius 3 is 2.60 bits per heavy atom. The summed E-state index contributed by atoms with van der Waals surface area (Å²) in [5, 5.41) is 12.3. The summed E-state index contributed by atoms with van der Waals surface area (Å²) in [5.41, 5.74) is 1.25. The average Bonchev–Trinajstić information content (AvgIpc) is 2.84. The van der Waals surface area contributed by atoms with Gasteiger partial charge in [0.05, 0.1) is 33.5 Å². The molecule has 2 aromatic rings. The quantitative estimate of drug-likeness (QED) is 0.930. The third-order valence-corrected chi connectivity index (χ3v) is 3.89. The van der Waals surface area contributed by atoms with E-state index in [-0.39, 0.29) is 10.9 Å². The Labute approximate surface area is 129 Å². The zero-order valence-electron chi connectivity index (χ0n) is 10.6. The third-order valence-electron chi connectivity index (χ3n) is 2.78. The molecule has 0 radical (unpaired) electrons. The highest BCUT2D eigenvalue weighted by Crippen LogP contribution is 2.35. The number of aromatic nitrogens is 2. The van der Waals surface area contributed by atoms with Crippen molar-refractivity contribution in [2.75, 3.05) is 5.32 Å². The number of carbonyl (C=O) groups is 1. The Morgan fingerprint density at radius 1 is 1.35 bits per heavy atom. The zero-order chi connectivity index (χ0) is 14.9. The lowest BCUT2D eigenvalue weighted by atomic mass is 9.96. The summed E-state index contributed by atoms with van der Waals surface area (Å²) in [6, 6.07) is 3.48. The molecule has 1 amide bonds. The molecule has 1 N–H and O–H groups in total. The van der Waals surface area contributed by atoms with Gasteiger partial charge in [-0.2, -0.15) is 14.0 Å². The first-order valence-electron chi connectivity index (χ1n) is 5.76. The molecule has 0 aliphatic rings. The van der Waals surface area contributed by atoms with Crippen molar-refractivity contribution in [3.8, 4) is 6.07 Å². The molecule has 0 spiro atoms. The van der Waals surface area contributed by atoms with E-state index in [1.54, 1.807) is 13.8 Å². The summed E-state index contributed by atoms with van der Waals surface area (Å²) in [5.74, 6) is -1.28. The molecule has 0 saturated carbocycles. The summed E-state index contributed by atoms with van der Waals surface area (Å²) in [6.45, 7) is 3.61. The largest absolute Gasteiger partial charge is 0.322 e. The van der Waals surface area contributed by atoms with Gasteiger partial charge in [-0.05, 0) is 12.0 Å². The number of hydrogen-bond acceptors (Lipinski definition) is 5. The van der Waals surface area contributed by atoms with Crippen LogP contribution in [0.15, 0.2) is 6.07 Å². The molecule has 1 aromatic carbocycles. The van der Waals surface area contributed by atoms with Gasteiger partial charge in [0.2, 0.25) is 5.91 Å². The number of anilines is 1. The molecule has 5 nitrogen and oxygen atoms in total. The summed E-state index contributed by atoms with van der Waals surface area (Å²) in [7, 11) is 0. The van der Waals surface area contributed by atoms with Gasteiger partial charge in [0.25, 0.3) is 0 Å². The van der Waals surface area contributed by atoms with E-state index in [4.69, 9.17) is 28.5 Å². The highest BCUT2D eigenvalue weighted by Gasteiger charge is 2.24. The van der Waals surface area contributed by atoms with Crippen LogP contribution in [0.5, 0.6) is 0 Å². The lowest BCUT2D eigenvalue weighted by molar-refractivity contribution is -0.119. The van der Waals surface area contributed by atoms with Gasteiger partial charge >= 0.3 is 0 Å². The Morgan fingerprint density at radius 2 is 2.00 bits per heavy atom. The van der Waals surface area contributed by atoms with Crippen LogP contribution < -0.4 is 5.32 Å². The molecule has 1 aromatic heterocycles. The maximum absolute atomic E-state index is 12.1. The number of nitriles is 1. The fraction of sp³-hybridized carbons (Fsp3) is 0.333. The minimum absolute atomic E-state index is 0.102. The van der Waals surface area contributed by atoms with Gasteiger partial charge in [-0.25, -0.2) is 0 Å². The Bertz CT molecular complexity index is 707. The van der Waals surface area contributed by atoms with Crippen LogP contribution in [0.4, 0.5) is 5.69 Å². The van der Waals surface area contributed by atoms with Crippen LogP contribution in [0.2, 0.25) is 10.0 Å². The predicted octanol–water partition coefficient (Wildman–Crippen LogP) is 3.73. The molecule has 0 bridgehead atoms. The molecule has 1 atom stereocenters. The monoisotopic (exact) mass is 328 g/mol. The first kappa shape index (κ1) is 15.0. The maximum atomic E-state index is 12.1. The number of carbonyl (C=O) groups excluding carboxylic acids is 1. The molecule has 0 saturated heterocycles. The van der Waals surface area contributed by atoms with E-state index in [0.29, 0.717) is 21.7 Å². The summed E-state index contributed by atoms with van der Waals surface area (Å²) in [6.07, 6.45) is 0. The van der Waals surface area contributed by atoms with Crippen molar-refractivity contribution in [3.05, 3.63) is 16.1 Å².